The number of anilines is 1. The SMILES string of the molecule is O=C(Cn1nc(C(=O)Nc2ccccc2)ccc1=O)NCc1ccccc1. The maximum absolute atomic E-state index is 12.3. The molecule has 0 aliphatic carbocycles. The van der Waals surface area contributed by atoms with Crippen molar-refractivity contribution in [3.05, 3.63) is 94.4 Å². The first-order valence-electron chi connectivity index (χ1n) is 8.37. The predicted octanol–water partition coefficient (Wildman–Crippen LogP) is 1.81. The molecule has 3 rings (SSSR count). The summed E-state index contributed by atoms with van der Waals surface area (Å²) in [6, 6.07) is 20.9. The van der Waals surface area contributed by atoms with Crippen LogP contribution in [0.25, 0.3) is 0 Å². The number of hydrogen-bond donors (Lipinski definition) is 2. The fraction of sp³-hybridized carbons (Fsp3) is 0.100. The van der Waals surface area contributed by atoms with Crippen LogP contribution in [0, 0.1) is 0 Å². The Hall–Kier alpha value is -3.74. The van der Waals surface area contributed by atoms with Crippen molar-refractivity contribution < 1.29 is 9.59 Å². The molecule has 7 nitrogen and oxygen atoms in total. The Morgan fingerprint density at radius 2 is 1.56 bits per heavy atom. The average Bonchev–Trinajstić information content (AvgIpc) is 2.69. The third-order valence-corrected chi connectivity index (χ3v) is 3.76. The molecule has 0 atom stereocenters. The van der Waals surface area contributed by atoms with Gasteiger partial charge in [0.15, 0.2) is 0 Å². The van der Waals surface area contributed by atoms with Crippen LogP contribution >= 0.6 is 0 Å². The molecule has 0 aliphatic heterocycles. The third kappa shape index (κ3) is 5.12. The highest BCUT2D eigenvalue weighted by Gasteiger charge is 2.12. The van der Waals surface area contributed by atoms with Gasteiger partial charge in [-0.1, -0.05) is 48.5 Å². The van der Waals surface area contributed by atoms with Crippen molar-refractivity contribution in [2.75, 3.05) is 5.32 Å². The van der Waals surface area contributed by atoms with Gasteiger partial charge in [-0.2, -0.15) is 5.10 Å². The van der Waals surface area contributed by atoms with Gasteiger partial charge < -0.3 is 10.6 Å². The van der Waals surface area contributed by atoms with E-state index in [4.69, 9.17) is 0 Å². The van der Waals surface area contributed by atoms with Crippen LogP contribution in [0.15, 0.2) is 77.6 Å². The molecule has 3 aromatic rings. The summed E-state index contributed by atoms with van der Waals surface area (Å²) in [4.78, 5) is 36.3. The lowest BCUT2D eigenvalue weighted by Gasteiger charge is -2.09. The van der Waals surface area contributed by atoms with Crippen molar-refractivity contribution in [3.63, 3.8) is 0 Å². The predicted molar refractivity (Wildman–Crippen MR) is 101 cm³/mol. The van der Waals surface area contributed by atoms with E-state index in [0.29, 0.717) is 12.2 Å². The molecule has 27 heavy (non-hydrogen) atoms. The smallest absolute Gasteiger partial charge is 0.276 e. The van der Waals surface area contributed by atoms with Crippen LogP contribution < -0.4 is 16.2 Å². The Morgan fingerprint density at radius 1 is 0.889 bits per heavy atom. The van der Waals surface area contributed by atoms with Crippen molar-refractivity contribution in [1.82, 2.24) is 15.1 Å². The van der Waals surface area contributed by atoms with Crippen LogP contribution in [0.4, 0.5) is 5.69 Å². The number of carbonyl (C=O) groups excluding carboxylic acids is 2. The summed E-state index contributed by atoms with van der Waals surface area (Å²) in [5.74, 6) is -0.825. The molecule has 2 amide bonds. The van der Waals surface area contributed by atoms with Gasteiger partial charge in [0, 0.05) is 18.3 Å². The zero-order chi connectivity index (χ0) is 19.1. The second-order valence-electron chi connectivity index (χ2n) is 5.80. The molecule has 0 saturated heterocycles. The van der Waals surface area contributed by atoms with Crippen molar-refractivity contribution >= 4 is 17.5 Å². The molecule has 7 heteroatoms. The van der Waals surface area contributed by atoms with Crippen LogP contribution in [0.2, 0.25) is 0 Å². The number of aromatic nitrogens is 2. The highest BCUT2D eigenvalue weighted by atomic mass is 16.2. The normalized spacial score (nSPS) is 10.2. The van der Waals surface area contributed by atoms with Gasteiger partial charge in [0.2, 0.25) is 5.91 Å². The van der Waals surface area contributed by atoms with Gasteiger partial charge in [-0.3, -0.25) is 14.4 Å². The lowest BCUT2D eigenvalue weighted by molar-refractivity contribution is -0.122. The number of nitrogens with zero attached hydrogens (tertiary/aromatic N) is 2. The Labute approximate surface area is 155 Å². The van der Waals surface area contributed by atoms with Crippen LogP contribution in [-0.4, -0.2) is 21.6 Å². The van der Waals surface area contributed by atoms with E-state index in [-0.39, 0.29) is 18.1 Å². The largest absolute Gasteiger partial charge is 0.350 e. The maximum atomic E-state index is 12.3. The first-order chi connectivity index (χ1) is 13.1. The van der Waals surface area contributed by atoms with Gasteiger partial charge in [-0.15, -0.1) is 0 Å². The third-order valence-electron chi connectivity index (χ3n) is 3.76. The van der Waals surface area contributed by atoms with E-state index in [2.05, 4.69) is 15.7 Å². The summed E-state index contributed by atoms with van der Waals surface area (Å²) in [7, 11) is 0. The average molecular weight is 362 g/mol. The van der Waals surface area contributed by atoms with Crippen LogP contribution in [0.1, 0.15) is 16.1 Å². The standard InChI is InChI=1S/C20H18N4O3/c25-18(21-13-15-7-3-1-4-8-15)14-24-19(26)12-11-17(23-24)20(27)22-16-9-5-2-6-10-16/h1-12H,13-14H2,(H,21,25)(H,22,27). The summed E-state index contributed by atoms with van der Waals surface area (Å²) in [5, 5.41) is 9.41. The molecule has 0 radical (unpaired) electrons. The minimum Gasteiger partial charge on any atom is -0.350 e. The monoisotopic (exact) mass is 362 g/mol. The van der Waals surface area contributed by atoms with E-state index in [0.717, 1.165) is 10.2 Å². The lowest BCUT2D eigenvalue weighted by Crippen LogP contribution is -2.34. The summed E-state index contributed by atoms with van der Waals surface area (Å²) >= 11 is 0. The van der Waals surface area contributed by atoms with Crippen LogP contribution in [0.3, 0.4) is 0 Å². The molecule has 0 aliphatic rings. The van der Waals surface area contributed by atoms with E-state index < -0.39 is 11.5 Å². The second kappa shape index (κ2) is 8.57. The van der Waals surface area contributed by atoms with E-state index in [1.807, 2.05) is 36.4 Å². The van der Waals surface area contributed by atoms with Crippen LogP contribution in [-0.2, 0) is 17.9 Å². The summed E-state index contributed by atoms with van der Waals surface area (Å²) in [6.07, 6.45) is 0. The number of amides is 2. The molecule has 1 heterocycles. The molecule has 0 spiro atoms. The summed E-state index contributed by atoms with van der Waals surface area (Å²) < 4.78 is 0.972. The summed E-state index contributed by atoms with van der Waals surface area (Å²) in [5.41, 5.74) is 1.15. The Bertz CT molecular complexity index is 985. The Morgan fingerprint density at radius 3 is 2.26 bits per heavy atom. The molecule has 0 saturated carbocycles. The molecule has 136 valence electrons. The van der Waals surface area contributed by atoms with E-state index in [1.54, 1.807) is 24.3 Å². The van der Waals surface area contributed by atoms with Gasteiger partial charge in [0.1, 0.15) is 12.2 Å². The molecule has 0 fully saturated rings. The molecule has 0 unspecified atom stereocenters. The van der Waals surface area contributed by atoms with Gasteiger partial charge in [-0.25, -0.2) is 4.68 Å². The summed E-state index contributed by atoms with van der Waals surface area (Å²) in [6.45, 7) is 0.0841. The Balaban J connectivity index is 1.65. The van der Waals surface area contributed by atoms with Gasteiger partial charge in [0.25, 0.3) is 11.5 Å². The quantitative estimate of drug-likeness (QED) is 0.699. The molecule has 1 aromatic heterocycles. The number of rotatable bonds is 6. The highest BCUT2D eigenvalue weighted by Crippen LogP contribution is 2.06. The number of nitrogens with one attached hydrogen (secondary N) is 2. The van der Waals surface area contributed by atoms with E-state index in [1.165, 1.54) is 12.1 Å². The molecule has 2 aromatic carbocycles. The maximum Gasteiger partial charge on any atom is 0.276 e. The van der Waals surface area contributed by atoms with Gasteiger partial charge in [-0.05, 0) is 23.8 Å². The fourth-order valence-corrected chi connectivity index (χ4v) is 2.39. The van der Waals surface area contributed by atoms with Crippen molar-refractivity contribution in [1.29, 1.82) is 0 Å². The Kier molecular flexibility index (Phi) is 5.73. The van der Waals surface area contributed by atoms with Crippen molar-refractivity contribution in [3.8, 4) is 0 Å². The minimum absolute atomic E-state index is 0.0503. The molecular weight excluding hydrogens is 344 g/mol. The zero-order valence-electron chi connectivity index (χ0n) is 14.5. The van der Waals surface area contributed by atoms with Gasteiger partial charge in [0.05, 0.1) is 0 Å². The van der Waals surface area contributed by atoms with E-state index in [9.17, 15) is 14.4 Å². The minimum atomic E-state index is -0.459. The highest BCUT2D eigenvalue weighted by molar-refractivity contribution is 6.02. The number of para-hydroxylation sites is 1. The first-order valence-corrected chi connectivity index (χ1v) is 8.37. The zero-order valence-corrected chi connectivity index (χ0v) is 14.5. The van der Waals surface area contributed by atoms with Crippen LogP contribution in [0.5, 0.6) is 0 Å². The van der Waals surface area contributed by atoms with Crippen molar-refractivity contribution in [2.45, 2.75) is 13.1 Å². The number of benzene rings is 2. The number of hydrogen-bond acceptors (Lipinski definition) is 4. The second-order valence-corrected chi connectivity index (χ2v) is 5.80. The van der Waals surface area contributed by atoms with Crippen molar-refractivity contribution in [2.24, 2.45) is 0 Å². The topological polar surface area (TPSA) is 93.1 Å². The number of carbonyl (C=O) groups is 2. The molecular formula is C20H18N4O3. The molecule has 2 N–H and O–H groups in total. The fourth-order valence-electron chi connectivity index (χ4n) is 2.39. The molecule has 0 bridgehead atoms. The first kappa shape index (κ1) is 18.1. The van der Waals surface area contributed by atoms with Gasteiger partial charge >= 0.3 is 0 Å². The lowest BCUT2D eigenvalue weighted by atomic mass is 10.2. The van der Waals surface area contributed by atoms with E-state index >= 15 is 0 Å².